The van der Waals surface area contributed by atoms with Crippen LogP contribution in [0.5, 0.6) is 0 Å². The summed E-state index contributed by atoms with van der Waals surface area (Å²) >= 11 is 1.53. The summed E-state index contributed by atoms with van der Waals surface area (Å²) in [7, 11) is 0. The van der Waals surface area contributed by atoms with Gasteiger partial charge in [0.25, 0.3) is 5.89 Å². The average Bonchev–Trinajstić information content (AvgIpc) is 3.33. The number of hydrogen-bond donors (Lipinski definition) is 2. The van der Waals surface area contributed by atoms with Crippen LogP contribution in [-0.2, 0) is 16.1 Å². The molecule has 0 unspecified atom stereocenters. The summed E-state index contributed by atoms with van der Waals surface area (Å²) in [4.78, 5) is 27.4. The highest BCUT2D eigenvalue weighted by Crippen LogP contribution is 2.23. The Morgan fingerprint density at radius 2 is 2.17 bits per heavy atom. The molecule has 2 aromatic heterocycles. The highest BCUT2D eigenvalue weighted by molar-refractivity contribution is 7.13. The number of ether oxygens (including phenoxy) is 1. The molecule has 10 heteroatoms. The molecule has 1 atom stereocenters. The Balaban J connectivity index is 1.79. The van der Waals surface area contributed by atoms with Crippen LogP contribution in [0.2, 0.25) is 0 Å². The van der Waals surface area contributed by atoms with Crippen molar-refractivity contribution in [1.29, 1.82) is 0 Å². The van der Waals surface area contributed by atoms with Crippen molar-refractivity contribution in [3.8, 4) is 10.8 Å². The van der Waals surface area contributed by atoms with Gasteiger partial charge < -0.3 is 19.8 Å². The molecule has 1 aliphatic rings. The van der Waals surface area contributed by atoms with Crippen LogP contribution in [0.25, 0.3) is 10.8 Å². The Labute approximate surface area is 173 Å². The molecule has 9 nitrogen and oxygen atoms in total. The summed E-state index contributed by atoms with van der Waals surface area (Å²) in [6, 6.07) is 3.08. The van der Waals surface area contributed by atoms with Crippen molar-refractivity contribution >= 4 is 23.3 Å². The monoisotopic (exact) mass is 419 g/mol. The van der Waals surface area contributed by atoms with Gasteiger partial charge in [0.15, 0.2) is 0 Å². The summed E-state index contributed by atoms with van der Waals surface area (Å²) in [5, 5.41) is 15.7. The largest absolute Gasteiger partial charge is 0.463 e. The topological polar surface area (TPSA) is 110 Å². The van der Waals surface area contributed by atoms with Crippen LogP contribution < -0.4 is 10.6 Å². The number of thiophene rings is 1. The second-order valence-electron chi connectivity index (χ2n) is 6.62. The smallest absolute Gasteiger partial charge is 0.337 e. The van der Waals surface area contributed by atoms with E-state index in [9.17, 15) is 9.59 Å². The molecule has 0 spiro atoms. The van der Waals surface area contributed by atoms with E-state index in [1.54, 1.807) is 13.8 Å². The Kier molecular flexibility index (Phi) is 6.99. The Morgan fingerprint density at radius 3 is 2.86 bits per heavy atom. The first-order valence-electron chi connectivity index (χ1n) is 9.58. The second-order valence-corrected chi connectivity index (χ2v) is 7.57. The van der Waals surface area contributed by atoms with Gasteiger partial charge in [-0.25, -0.2) is 9.59 Å². The molecule has 0 bridgehead atoms. The van der Waals surface area contributed by atoms with E-state index in [1.807, 2.05) is 17.5 Å². The van der Waals surface area contributed by atoms with Gasteiger partial charge in [-0.2, -0.15) is 0 Å². The first kappa shape index (κ1) is 21.0. The first-order chi connectivity index (χ1) is 14.0. The summed E-state index contributed by atoms with van der Waals surface area (Å²) in [6.45, 7) is 7.33. The fraction of sp³-hybridized carbons (Fsp3) is 0.474. The summed E-state index contributed by atoms with van der Waals surface area (Å²) in [5.41, 5.74) is 0.962. The molecule has 0 aliphatic carbocycles. The molecular formula is C19H25N5O4S. The minimum absolute atomic E-state index is 0.266. The SMILES string of the molecule is CCCN(CC1=C(C(=O)OCC)[C@@H](C)NC(=O)N1)Cc1nnc(-c2cccs2)o1. The van der Waals surface area contributed by atoms with Gasteiger partial charge in [0.1, 0.15) is 0 Å². The lowest BCUT2D eigenvalue weighted by atomic mass is 10.0. The fourth-order valence-corrected chi connectivity index (χ4v) is 3.81. The number of nitrogens with one attached hydrogen (secondary N) is 2. The molecule has 0 fully saturated rings. The molecule has 2 amide bonds. The van der Waals surface area contributed by atoms with Crippen LogP contribution in [0.4, 0.5) is 4.79 Å². The standard InChI is InChI=1S/C19H25N5O4S/c1-4-8-24(11-15-22-23-17(28-15)14-7-6-9-29-14)10-13-16(18(25)27-5-2)12(3)20-19(26)21-13/h6-7,9,12H,4-5,8,10-11H2,1-3H3,(H2,20,21,26)/t12-/m1/s1. The van der Waals surface area contributed by atoms with E-state index >= 15 is 0 Å². The maximum Gasteiger partial charge on any atom is 0.337 e. The lowest BCUT2D eigenvalue weighted by Gasteiger charge is -2.29. The number of aromatic nitrogens is 2. The van der Waals surface area contributed by atoms with Crippen LogP contribution in [0.1, 0.15) is 33.1 Å². The van der Waals surface area contributed by atoms with E-state index in [4.69, 9.17) is 9.15 Å². The zero-order valence-electron chi connectivity index (χ0n) is 16.7. The van der Waals surface area contributed by atoms with Crippen LogP contribution in [0, 0.1) is 0 Å². The van der Waals surface area contributed by atoms with Crippen molar-refractivity contribution in [1.82, 2.24) is 25.7 Å². The van der Waals surface area contributed by atoms with E-state index in [2.05, 4.69) is 32.7 Å². The van der Waals surface area contributed by atoms with Gasteiger partial charge in [-0.1, -0.05) is 13.0 Å². The minimum Gasteiger partial charge on any atom is -0.463 e. The van der Waals surface area contributed by atoms with Crippen LogP contribution in [0.3, 0.4) is 0 Å². The number of nitrogens with zero attached hydrogens (tertiary/aromatic N) is 3. The molecule has 29 heavy (non-hydrogen) atoms. The highest BCUT2D eigenvalue weighted by atomic mass is 32.1. The molecule has 0 saturated heterocycles. The summed E-state index contributed by atoms with van der Waals surface area (Å²) < 4.78 is 11.0. The van der Waals surface area contributed by atoms with Gasteiger partial charge in [0.2, 0.25) is 5.89 Å². The molecule has 0 saturated carbocycles. The molecule has 0 radical (unpaired) electrons. The lowest BCUT2D eigenvalue weighted by Crippen LogP contribution is -2.51. The number of carbonyl (C=O) groups is 2. The van der Waals surface area contributed by atoms with Gasteiger partial charge in [-0.3, -0.25) is 4.90 Å². The molecule has 0 aromatic carbocycles. The van der Waals surface area contributed by atoms with E-state index < -0.39 is 12.0 Å². The minimum atomic E-state index is -0.435. The van der Waals surface area contributed by atoms with Crippen molar-refractivity contribution in [2.45, 2.75) is 39.8 Å². The third-order valence-corrected chi connectivity index (χ3v) is 5.20. The van der Waals surface area contributed by atoms with Crippen molar-refractivity contribution in [2.24, 2.45) is 0 Å². The Bertz CT molecular complexity index is 877. The van der Waals surface area contributed by atoms with Crippen molar-refractivity contribution in [2.75, 3.05) is 19.7 Å². The second kappa shape index (κ2) is 9.66. The maximum absolute atomic E-state index is 12.4. The molecule has 1 aliphatic heterocycles. The molecule has 3 heterocycles. The predicted octanol–water partition coefficient (Wildman–Crippen LogP) is 2.53. The van der Waals surface area contributed by atoms with Gasteiger partial charge in [0.05, 0.1) is 29.6 Å². The number of esters is 1. The maximum atomic E-state index is 12.4. The number of carbonyl (C=O) groups excluding carboxylic acids is 2. The number of urea groups is 1. The highest BCUT2D eigenvalue weighted by Gasteiger charge is 2.30. The van der Waals surface area contributed by atoms with E-state index in [-0.39, 0.29) is 12.6 Å². The van der Waals surface area contributed by atoms with Crippen LogP contribution >= 0.6 is 11.3 Å². The molecule has 3 rings (SSSR count). The van der Waals surface area contributed by atoms with E-state index in [0.29, 0.717) is 36.1 Å². The van der Waals surface area contributed by atoms with Gasteiger partial charge in [0, 0.05) is 12.2 Å². The van der Waals surface area contributed by atoms with Crippen molar-refractivity contribution in [3.63, 3.8) is 0 Å². The quantitative estimate of drug-likeness (QED) is 0.601. The lowest BCUT2D eigenvalue weighted by molar-refractivity contribution is -0.139. The van der Waals surface area contributed by atoms with E-state index in [1.165, 1.54) is 11.3 Å². The Hall–Kier alpha value is -2.72. The summed E-state index contributed by atoms with van der Waals surface area (Å²) in [6.07, 6.45) is 0.885. The Morgan fingerprint density at radius 1 is 1.34 bits per heavy atom. The normalized spacial score (nSPS) is 16.7. The third-order valence-electron chi connectivity index (χ3n) is 4.34. The van der Waals surface area contributed by atoms with Crippen LogP contribution in [0.15, 0.2) is 33.2 Å². The fourth-order valence-electron chi connectivity index (χ4n) is 3.17. The number of hydrogen-bond acceptors (Lipinski definition) is 8. The molecule has 2 aromatic rings. The zero-order valence-corrected chi connectivity index (χ0v) is 17.5. The third kappa shape index (κ3) is 5.21. The van der Waals surface area contributed by atoms with Gasteiger partial charge in [-0.15, -0.1) is 21.5 Å². The molecule has 156 valence electrons. The van der Waals surface area contributed by atoms with E-state index in [0.717, 1.165) is 17.8 Å². The van der Waals surface area contributed by atoms with Crippen LogP contribution in [-0.4, -0.2) is 52.8 Å². The average molecular weight is 420 g/mol. The van der Waals surface area contributed by atoms with Gasteiger partial charge >= 0.3 is 12.0 Å². The first-order valence-corrected chi connectivity index (χ1v) is 10.5. The number of amides is 2. The van der Waals surface area contributed by atoms with Crippen molar-refractivity contribution in [3.05, 3.63) is 34.7 Å². The van der Waals surface area contributed by atoms with Crippen molar-refractivity contribution < 1.29 is 18.7 Å². The zero-order chi connectivity index (χ0) is 20.8. The summed E-state index contributed by atoms with van der Waals surface area (Å²) in [5.74, 6) is 0.534. The molecular weight excluding hydrogens is 394 g/mol. The predicted molar refractivity (Wildman–Crippen MR) is 108 cm³/mol. The molecule has 2 N–H and O–H groups in total. The number of rotatable bonds is 9. The van der Waals surface area contributed by atoms with Gasteiger partial charge in [-0.05, 0) is 38.3 Å².